The van der Waals surface area contributed by atoms with E-state index in [0.29, 0.717) is 17.2 Å². The number of nitrogens with one attached hydrogen (secondary N) is 1. The Balaban J connectivity index is 1.51. The Morgan fingerprint density at radius 3 is 2.69 bits per heavy atom. The number of anilines is 1. The summed E-state index contributed by atoms with van der Waals surface area (Å²) in [6.45, 7) is 0.415. The van der Waals surface area contributed by atoms with E-state index in [1.807, 2.05) is 54.6 Å². The average Bonchev–Trinajstić information content (AvgIpc) is 2.96. The molecule has 0 unspecified atom stereocenters. The van der Waals surface area contributed by atoms with Gasteiger partial charge in [-0.05, 0) is 48.0 Å². The van der Waals surface area contributed by atoms with E-state index in [1.54, 1.807) is 18.3 Å². The first kappa shape index (κ1) is 16.4. The number of fused-ring (bicyclic) bond motifs is 1. The lowest BCUT2D eigenvalue weighted by atomic mass is 10.0. The molecule has 4 nitrogen and oxygen atoms in total. The second kappa shape index (κ2) is 7.02. The highest BCUT2D eigenvalue weighted by Gasteiger charge is 2.23. The van der Waals surface area contributed by atoms with Crippen LogP contribution in [0.2, 0.25) is 5.02 Å². The number of hydrogen-bond acceptors (Lipinski definition) is 3. The molecular weight excluding hydrogens is 348 g/mol. The Hall–Kier alpha value is -3.11. The van der Waals surface area contributed by atoms with Crippen molar-refractivity contribution in [2.24, 2.45) is 0 Å². The molecule has 1 N–H and O–H groups in total. The van der Waals surface area contributed by atoms with Gasteiger partial charge >= 0.3 is 0 Å². The molecule has 26 heavy (non-hydrogen) atoms. The fourth-order valence-corrected chi connectivity index (χ4v) is 2.95. The van der Waals surface area contributed by atoms with Gasteiger partial charge in [-0.1, -0.05) is 35.9 Å². The molecule has 1 aliphatic rings. The Morgan fingerprint density at radius 1 is 1.08 bits per heavy atom. The molecule has 0 bridgehead atoms. The van der Waals surface area contributed by atoms with Crippen molar-refractivity contribution in [3.63, 3.8) is 0 Å². The van der Waals surface area contributed by atoms with E-state index < -0.39 is 0 Å². The van der Waals surface area contributed by atoms with Crippen molar-refractivity contribution in [2.75, 3.05) is 5.32 Å². The second-order valence-corrected chi connectivity index (χ2v) is 6.32. The molecule has 0 spiro atoms. The smallest absolute Gasteiger partial charge is 0.256 e. The first-order valence-corrected chi connectivity index (χ1v) is 8.52. The van der Waals surface area contributed by atoms with E-state index in [-0.39, 0.29) is 5.91 Å². The number of rotatable bonds is 4. The van der Waals surface area contributed by atoms with Crippen LogP contribution in [0.4, 0.5) is 5.69 Å². The number of halogens is 1. The van der Waals surface area contributed by atoms with Crippen molar-refractivity contribution in [3.8, 4) is 5.75 Å². The summed E-state index contributed by atoms with van der Waals surface area (Å²) in [5, 5.41) is 3.43. The molecule has 3 aromatic rings. The molecule has 0 atom stereocenters. The minimum absolute atomic E-state index is 0.127. The maximum Gasteiger partial charge on any atom is 0.256 e. The molecule has 2 heterocycles. The van der Waals surface area contributed by atoms with Crippen molar-refractivity contribution in [2.45, 2.75) is 6.61 Å². The molecule has 5 heteroatoms. The van der Waals surface area contributed by atoms with E-state index in [2.05, 4.69) is 10.3 Å². The van der Waals surface area contributed by atoms with Gasteiger partial charge in [-0.25, -0.2) is 0 Å². The highest BCUT2D eigenvalue weighted by atomic mass is 35.5. The van der Waals surface area contributed by atoms with Crippen LogP contribution < -0.4 is 10.1 Å². The van der Waals surface area contributed by atoms with Gasteiger partial charge in [-0.2, -0.15) is 0 Å². The van der Waals surface area contributed by atoms with Crippen LogP contribution in [0.25, 0.3) is 11.6 Å². The Labute approximate surface area is 156 Å². The van der Waals surface area contributed by atoms with Crippen LogP contribution in [0.5, 0.6) is 5.75 Å². The monoisotopic (exact) mass is 362 g/mol. The first-order valence-electron chi connectivity index (χ1n) is 8.15. The average molecular weight is 363 g/mol. The number of carbonyl (C=O) groups excluding carboxylic acids is 1. The zero-order valence-corrected chi connectivity index (χ0v) is 14.5. The van der Waals surface area contributed by atoms with Crippen LogP contribution >= 0.6 is 11.6 Å². The number of benzene rings is 2. The molecule has 1 amide bonds. The molecule has 128 valence electrons. The number of carbonyl (C=O) groups is 1. The van der Waals surface area contributed by atoms with Crippen molar-refractivity contribution < 1.29 is 9.53 Å². The number of amides is 1. The number of aromatic nitrogens is 1. The van der Waals surface area contributed by atoms with Gasteiger partial charge in [-0.15, -0.1) is 0 Å². The minimum atomic E-state index is -0.127. The van der Waals surface area contributed by atoms with Crippen LogP contribution in [0.15, 0.2) is 66.9 Å². The van der Waals surface area contributed by atoms with E-state index in [9.17, 15) is 4.79 Å². The first-order chi connectivity index (χ1) is 12.7. The molecular formula is C21H15ClN2O2. The number of hydrogen-bond donors (Lipinski definition) is 1. The molecule has 4 rings (SSSR count). The Kier molecular flexibility index (Phi) is 4.42. The summed E-state index contributed by atoms with van der Waals surface area (Å²) >= 11 is 5.98. The van der Waals surface area contributed by atoms with Crippen molar-refractivity contribution in [3.05, 3.63) is 88.7 Å². The lowest BCUT2D eigenvalue weighted by Crippen LogP contribution is -2.03. The molecule has 0 saturated heterocycles. The third-order valence-corrected chi connectivity index (χ3v) is 4.30. The summed E-state index contributed by atoms with van der Waals surface area (Å²) in [4.78, 5) is 16.4. The molecule has 1 aromatic heterocycles. The second-order valence-electron chi connectivity index (χ2n) is 5.88. The lowest BCUT2D eigenvalue weighted by Gasteiger charge is -2.06. The van der Waals surface area contributed by atoms with Gasteiger partial charge in [0.05, 0.1) is 11.4 Å². The van der Waals surface area contributed by atoms with Gasteiger partial charge in [0.1, 0.15) is 12.4 Å². The molecule has 0 fully saturated rings. The normalized spacial score (nSPS) is 14.2. The highest BCUT2D eigenvalue weighted by Crippen LogP contribution is 2.35. The molecule has 1 aliphatic heterocycles. The van der Waals surface area contributed by atoms with Crippen LogP contribution in [0.1, 0.15) is 16.8 Å². The van der Waals surface area contributed by atoms with Crippen molar-refractivity contribution >= 4 is 34.8 Å². The summed E-state index contributed by atoms with van der Waals surface area (Å²) in [6.07, 6.45) is 3.60. The molecule has 0 radical (unpaired) electrons. The van der Waals surface area contributed by atoms with Crippen LogP contribution in [0, 0.1) is 0 Å². The quantitative estimate of drug-likeness (QED) is 0.678. The SMILES string of the molecule is O=C1Nc2cc(Cl)ccc2/C1=C/c1ccc(OCc2ccccn2)cc1. The Bertz CT molecular complexity index is 983. The molecule has 0 aliphatic carbocycles. The third kappa shape index (κ3) is 3.46. The zero-order valence-electron chi connectivity index (χ0n) is 13.8. The van der Waals surface area contributed by atoms with E-state index in [4.69, 9.17) is 16.3 Å². The van der Waals surface area contributed by atoms with Crippen molar-refractivity contribution in [1.29, 1.82) is 0 Å². The summed E-state index contributed by atoms with van der Waals surface area (Å²) in [5.41, 5.74) is 4.01. The van der Waals surface area contributed by atoms with Crippen LogP contribution in [0.3, 0.4) is 0 Å². The predicted octanol–water partition coefficient (Wildman–Crippen LogP) is 4.81. The van der Waals surface area contributed by atoms with Crippen LogP contribution in [-0.4, -0.2) is 10.9 Å². The number of nitrogens with zero attached hydrogens (tertiary/aromatic N) is 1. The Morgan fingerprint density at radius 2 is 1.92 bits per heavy atom. The predicted molar refractivity (Wildman–Crippen MR) is 103 cm³/mol. The van der Waals surface area contributed by atoms with Gasteiger partial charge in [0, 0.05) is 22.4 Å². The lowest BCUT2D eigenvalue weighted by molar-refractivity contribution is -0.110. The minimum Gasteiger partial charge on any atom is -0.487 e. The van der Waals surface area contributed by atoms with E-state index >= 15 is 0 Å². The standard InChI is InChI=1S/C21H15ClN2O2/c22-15-6-9-18-19(21(25)24-20(18)12-15)11-14-4-7-17(8-5-14)26-13-16-3-1-2-10-23-16/h1-12H,13H2,(H,24,25)/b19-11-. The summed E-state index contributed by atoms with van der Waals surface area (Å²) < 4.78 is 5.73. The fraction of sp³-hybridized carbons (Fsp3) is 0.0476. The summed E-state index contributed by atoms with van der Waals surface area (Å²) in [7, 11) is 0. The van der Waals surface area contributed by atoms with E-state index in [1.165, 1.54) is 0 Å². The maximum atomic E-state index is 12.2. The summed E-state index contributed by atoms with van der Waals surface area (Å²) in [6, 6.07) is 18.7. The number of pyridine rings is 1. The maximum absolute atomic E-state index is 12.2. The molecule has 0 saturated carbocycles. The van der Waals surface area contributed by atoms with E-state index in [0.717, 1.165) is 28.3 Å². The fourth-order valence-electron chi connectivity index (χ4n) is 2.78. The van der Waals surface area contributed by atoms with Gasteiger partial charge in [0.15, 0.2) is 0 Å². The van der Waals surface area contributed by atoms with Crippen molar-refractivity contribution in [1.82, 2.24) is 4.98 Å². The topological polar surface area (TPSA) is 51.2 Å². The molecule has 2 aromatic carbocycles. The zero-order chi connectivity index (χ0) is 17.9. The third-order valence-electron chi connectivity index (χ3n) is 4.07. The summed E-state index contributed by atoms with van der Waals surface area (Å²) in [5.74, 6) is 0.624. The van der Waals surface area contributed by atoms with Gasteiger partial charge in [0.2, 0.25) is 0 Å². The van der Waals surface area contributed by atoms with Gasteiger partial charge < -0.3 is 10.1 Å². The largest absolute Gasteiger partial charge is 0.487 e. The highest BCUT2D eigenvalue weighted by molar-refractivity contribution is 6.36. The van der Waals surface area contributed by atoms with Gasteiger partial charge in [-0.3, -0.25) is 9.78 Å². The van der Waals surface area contributed by atoms with Crippen LogP contribution in [-0.2, 0) is 11.4 Å². The van der Waals surface area contributed by atoms with Gasteiger partial charge in [0.25, 0.3) is 5.91 Å². The number of ether oxygens (including phenoxy) is 1.